The van der Waals surface area contributed by atoms with Crippen LogP contribution in [0.3, 0.4) is 0 Å². The molecule has 0 radical (unpaired) electrons. The summed E-state index contributed by atoms with van der Waals surface area (Å²) in [6.07, 6.45) is 1.75. The van der Waals surface area contributed by atoms with Gasteiger partial charge in [-0.2, -0.15) is 0 Å². The highest BCUT2D eigenvalue weighted by atomic mass is 35.5. The Morgan fingerprint density at radius 2 is 1.82 bits per heavy atom. The van der Waals surface area contributed by atoms with Gasteiger partial charge in [-0.05, 0) is 48.4 Å². The first-order valence-corrected chi connectivity index (χ1v) is 13.4. The molecule has 0 saturated heterocycles. The average Bonchev–Trinajstić information content (AvgIpc) is 3.23. The summed E-state index contributed by atoms with van der Waals surface area (Å²) in [4.78, 5) is 32.6. The van der Waals surface area contributed by atoms with Crippen LogP contribution in [0.15, 0.2) is 88.2 Å². The quantitative estimate of drug-likeness (QED) is 0.300. The van der Waals surface area contributed by atoms with Crippen molar-refractivity contribution in [2.45, 2.75) is 13.0 Å². The maximum Gasteiger partial charge on any atom is 0.338 e. The molecule has 0 amide bonds. The molecule has 1 aliphatic rings. The molecule has 0 fully saturated rings. The fourth-order valence-electron chi connectivity index (χ4n) is 4.32. The molecule has 0 spiro atoms. The predicted molar refractivity (Wildman–Crippen MR) is 151 cm³/mol. The zero-order valence-electron chi connectivity index (χ0n) is 20.5. The van der Waals surface area contributed by atoms with E-state index in [1.165, 1.54) is 11.3 Å². The normalized spacial score (nSPS) is 15.2. The molecule has 2 heterocycles. The molecule has 0 unspecified atom stereocenters. The molecule has 38 heavy (non-hydrogen) atoms. The number of rotatable bonds is 6. The number of esters is 1. The van der Waals surface area contributed by atoms with Crippen LogP contribution in [0.25, 0.3) is 11.8 Å². The summed E-state index contributed by atoms with van der Waals surface area (Å²) in [6, 6.07) is 21.0. The van der Waals surface area contributed by atoms with Gasteiger partial charge in [0.15, 0.2) is 4.80 Å². The lowest BCUT2D eigenvalue weighted by molar-refractivity contribution is -0.138. The van der Waals surface area contributed by atoms with Crippen LogP contribution in [0.5, 0.6) is 5.75 Å². The Bertz CT molecular complexity index is 1730. The first-order valence-electron chi connectivity index (χ1n) is 11.8. The van der Waals surface area contributed by atoms with Crippen LogP contribution >= 0.6 is 34.5 Å². The minimum Gasteiger partial charge on any atom is -0.495 e. The summed E-state index contributed by atoms with van der Waals surface area (Å²) in [5, 5.41) is 0.978. The number of nitrogens with zero attached hydrogens (tertiary/aromatic N) is 2. The number of benzene rings is 3. The number of hydrogen-bond donors (Lipinski definition) is 0. The van der Waals surface area contributed by atoms with Gasteiger partial charge >= 0.3 is 5.97 Å². The molecule has 0 N–H and O–H groups in total. The molecule has 6 nitrogen and oxygen atoms in total. The van der Waals surface area contributed by atoms with Crippen molar-refractivity contribution in [1.82, 2.24) is 4.57 Å². The van der Waals surface area contributed by atoms with Crippen LogP contribution in [0, 0.1) is 0 Å². The smallest absolute Gasteiger partial charge is 0.338 e. The second-order valence-corrected chi connectivity index (χ2v) is 10.2. The summed E-state index contributed by atoms with van der Waals surface area (Å²) < 4.78 is 12.7. The lowest BCUT2D eigenvalue weighted by atomic mass is 9.93. The Balaban J connectivity index is 1.80. The highest BCUT2D eigenvalue weighted by Crippen LogP contribution is 2.35. The lowest BCUT2D eigenvalue weighted by Crippen LogP contribution is -2.40. The van der Waals surface area contributed by atoms with Crippen molar-refractivity contribution in [2.24, 2.45) is 4.99 Å². The van der Waals surface area contributed by atoms with Crippen LogP contribution in [-0.2, 0) is 9.53 Å². The molecule has 9 heteroatoms. The van der Waals surface area contributed by atoms with Gasteiger partial charge < -0.3 is 9.47 Å². The number of halogens is 2. The highest BCUT2D eigenvalue weighted by molar-refractivity contribution is 7.07. The van der Waals surface area contributed by atoms with Gasteiger partial charge in [0, 0.05) is 10.6 Å². The Labute approximate surface area is 232 Å². The predicted octanol–water partition coefficient (Wildman–Crippen LogP) is 5.25. The number of fused-ring (bicyclic) bond motifs is 1. The van der Waals surface area contributed by atoms with Crippen LogP contribution < -0.4 is 19.6 Å². The summed E-state index contributed by atoms with van der Waals surface area (Å²) in [7, 11) is 1.54. The molecule has 1 aliphatic heterocycles. The molecule has 4 aromatic rings. The van der Waals surface area contributed by atoms with Gasteiger partial charge in [-0.25, -0.2) is 9.79 Å². The van der Waals surface area contributed by atoms with E-state index in [9.17, 15) is 9.59 Å². The van der Waals surface area contributed by atoms with Gasteiger partial charge in [-0.15, -0.1) is 0 Å². The number of carbonyl (C=O) groups is 1. The number of thiazole rings is 1. The van der Waals surface area contributed by atoms with E-state index in [1.54, 1.807) is 61.1 Å². The summed E-state index contributed by atoms with van der Waals surface area (Å²) in [5.41, 5.74) is 2.65. The van der Waals surface area contributed by atoms with Gasteiger partial charge in [0.2, 0.25) is 0 Å². The third kappa shape index (κ3) is 4.92. The van der Waals surface area contributed by atoms with Crippen LogP contribution in [0.4, 0.5) is 0 Å². The number of ether oxygens (including phenoxy) is 2. The van der Waals surface area contributed by atoms with Gasteiger partial charge in [-0.3, -0.25) is 9.36 Å². The summed E-state index contributed by atoms with van der Waals surface area (Å²) >= 11 is 13.7. The molecule has 0 aliphatic carbocycles. The monoisotopic (exact) mass is 564 g/mol. The topological polar surface area (TPSA) is 69.9 Å². The highest BCUT2D eigenvalue weighted by Gasteiger charge is 2.35. The number of methoxy groups -OCH3 is 1. The van der Waals surface area contributed by atoms with Crippen molar-refractivity contribution in [1.29, 1.82) is 0 Å². The second kappa shape index (κ2) is 11.0. The fraction of sp³-hybridized carbons (Fsp3) is 0.138. The first kappa shape index (κ1) is 26.0. The molecule has 192 valence electrons. The van der Waals surface area contributed by atoms with Crippen LogP contribution in [0.1, 0.15) is 29.7 Å². The molecular weight excluding hydrogens is 543 g/mol. The van der Waals surface area contributed by atoms with E-state index in [2.05, 4.69) is 0 Å². The second-order valence-electron chi connectivity index (χ2n) is 8.38. The van der Waals surface area contributed by atoms with Gasteiger partial charge in [0.1, 0.15) is 5.75 Å². The van der Waals surface area contributed by atoms with Gasteiger partial charge in [0.05, 0.1) is 40.6 Å². The average molecular weight is 565 g/mol. The minimum atomic E-state index is -0.764. The van der Waals surface area contributed by atoms with E-state index in [-0.39, 0.29) is 17.7 Å². The zero-order valence-corrected chi connectivity index (χ0v) is 22.8. The van der Waals surface area contributed by atoms with Crippen molar-refractivity contribution in [3.8, 4) is 5.75 Å². The SMILES string of the molecule is CCOC(=O)C1=C(c2ccccc2)N=c2s/c(=C/c3ccc(OC)c(Cl)c3)c(=O)n2[C@@H]1c1ccc(Cl)cc1. The summed E-state index contributed by atoms with van der Waals surface area (Å²) in [6.45, 7) is 1.92. The number of aromatic nitrogens is 1. The van der Waals surface area contributed by atoms with Crippen LogP contribution in [-0.4, -0.2) is 24.3 Å². The maximum atomic E-state index is 13.9. The van der Waals surface area contributed by atoms with Gasteiger partial charge in [0.25, 0.3) is 5.56 Å². The standard InChI is InChI=1S/C29H22Cl2N2O4S/c1-3-37-28(35)24-25(18-7-5-4-6-8-18)32-29-33(26(24)19-10-12-20(30)13-11-19)27(34)23(38-29)16-17-9-14-22(36-2)21(31)15-17/h4-16,26H,3H2,1-2H3/b23-16+/t26-/m1/s1. The largest absolute Gasteiger partial charge is 0.495 e. The number of carbonyl (C=O) groups excluding carboxylic acids is 1. The molecule has 3 aromatic carbocycles. The maximum absolute atomic E-state index is 13.9. The van der Waals surface area contributed by atoms with Crippen molar-refractivity contribution >= 4 is 52.3 Å². The minimum absolute atomic E-state index is 0.181. The van der Waals surface area contributed by atoms with E-state index in [0.717, 1.165) is 11.1 Å². The van der Waals surface area contributed by atoms with Crippen molar-refractivity contribution in [2.75, 3.05) is 13.7 Å². The van der Waals surface area contributed by atoms with Gasteiger partial charge in [-0.1, -0.05) is 83.1 Å². The zero-order chi connectivity index (χ0) is 26.8. The first-order chi connectivity index (χ1) is 18.4. The number of hydrogen-bond acceptors (Lipinski definition) is 6. The Kier molecular flexibility index (Phi) is 7.51. The van der Waals surface area contributed by atoms with E-state index < -0.39 is 12.0 Å². The molecular formula is C29H22Cl2N2O4S. The Hall–Kier alpha value is -3.65. The van der Waals surface area contributed by atoms with Crippen LogP contribution in [0.2, 0.25) is 10.0 Å². The fourth-order valence-corrected chi connectivity index (χ4v) is 5.72. The Morgan fingerprint density at radius 1 is 1.08 bits per heavy atom. The van der Waals surface area contributed by atoms with Crippen molar-refractivity contribution in [3.05, 3.63) is 125 Å². The molecule has 0 saturated carbocycles. The van der Waals surface area contributed by atoms with E-state index in [0.29, 0.717) is 36.4 Å². The summed E-state index contributed by atoms with van der Waals surface area (Å²) in [5.74, 6) is 0.00543. The third-order valence-corrected chi connectivity index (χ3v) is 7.56. The molecule has 5 rings (SSSR count). The van der Waals surface area contributed by atoms with E-state index in [1.807, 2.05) is 36.4 Å². The molecule has 0 bridgehead atoms. The van der Waals surface area contributed by atoms with E-state index in [4.69, 9.17) is 37.7 Å². The van der Waals surface area contributed by atoms with Crippen molar-refractivity contribution in [3.63, 3.8) is 0 Å². The molecule has 1 atom stereocenters. The third-order valence-electron chi connectivity index (χ3n) is 6.03. The molecule has 1 aromatic heterocycles. The lowest BCUT2D eigenvalue weighted by Gasteiger charge is -2.25. The Morgan fingerprint density at radius 3 is 2.47 bits per heavy atom. The van der Waals surface area contributed by atoms with E-state index >= 15 is 0 Å². The van der Waals surface area contributed by atoms with Crippen molar-refractivity contribution < 1.29 is 14.3 Å².